The molecule has 2 amide bonds. The maximum Gasteiger partial charge on any atom is 0.289 e. The van der Waals surface area contributed by atoms with Crippen molar-refractivity contribution in [3.05, 3.63) is 54.0 Å². The van der Waals surface area contributed by atoms with Crippen LogP contribution in [-0.4, -0.2) is 64.9 Å². The average Bonchev–Trinajstić information content (AvgIpc) is 3.22. The van der Waals surface area contributed by atoms with Crippen LogP contribution in [0.5, 0.6) is 5.75 Å². The largest absolute Gasteiger partial charge is 0.497 e. The summed E-state index contributed by atoms with van der Waals surface area (Å²) in [4.78, 5) is 28.0. The van der Waals surface area contributed by atoms with Crippen LogP contribution in [-0.2, 0) is 21.3 Å². The van der Waals surface area contributed by atoms with Crippen molar-refractivity contribution in [2.45, 2.75) is 5.75 Å². The monoisotopic (exact) mass is 390 g/mol. The number of amides is 2. The van der Waals surface area contributed by atoms with Crippen molar-refractivity contribution < 1.29 is 23.0 Å². The SMILES string of the molecule is COc1cccc(CS(=O)CC(=O)N2CCN(C(=O)c3ccco3)CC2)c1. The van der Waals surface area contributed by atoms with Gasteiger partial charge in [0.15, 0.2) is 5.76 Å². The number of hydrogen-bond acceptors (Lipinski definition) is 5. The Hall–Kier alpha value is -2.61. The molecule has 1 fully saturated rings. The number of ether oxygens (including phenoxy) is 1. The molecular formula is C19H22N2O5S. The van der Waals surface area contributed by atoms with E-state index in [1.54, 1.807) is 29.0 Å². The van der Waals surface area contributed by atoms with Crippen molar-refractivity contribution in [2.24, 2.45) is 0 Å². The van der Waals surface area contributed by atoms with E-state index in [0.29, 0.717) is 43.4 Å². The fourth-order valence-electron chi connectivity index (χ4n) is 2.94. The smallest absolute Gasteiger partial charge is 0.289 e. The Balaban J connectivity index is 1.47. The minimum absolute atomic E-state index is 0.0245. The predicted molar refractivity (Wildman–Crippen MR) is 101 cm³/mol. The number of benzene rings is 1. The lowest BCUT2D eigenvalue weighted by atomic mass is 10.2. The van der Waals surface area contributed by atoms with Gasteiger partial charge in [0.2, 0.25) is 5.91 Å². The first-order chi connectivity index (χ1) is 13.1. The lowest BCUT2D eigenvalue weighted by Crippen LogP contribution is -2.51. The molecule has 7 nitrogen and oxygen atoms in total. The van der Waals surface area contributed by atoms with Gasteiger partial charge < -0.3 is 19.0 Å². The standard InChI is InChI=1S/C19H22N2O5S/c1-25-16-5-2-4-15(12-16)13-27(24)14-18(22)20-7-9-21(10-8-20)19(23)17-6-3-11-26-17/h2-6,11-12H,7-10,13-14H2,1H3. The Morgan fingerprint density at radius 2 is 1.85 bits per heavy atom. The van der Waals surface area contributed by atoms with Crippen LogP contribution in [0.25, 0.3) is 0 Å². The lowest BCUT2D eigenvalue weighted by molar-refractivity contribution is -0.129. The lowest BCUT2D eigenvalue weighted by Gasteiger charge is -2.34. The molecule has 1 aromatic heterocycles. The topological polar surface area (TPSA) is 80.1 Å². The second-order valence-corrected chi connectivity index (χ2v) is 7.69. The minimum Gasteiger partial charge on any atom is -0.497 e. The molecule has 3 rings (SSSR count). The van der Waals surface area contributed by atoms with Gasteiger partial charge in [0.25, 0.3) is 5.91 Å². The fourth-order valence-corrected chi connectivity index (χ4v) is 4.05. The fraction of sp³-hybridized carbons (Fsp3) is 0.368. The molecule has 0 saturated carbocycles. The van der Waals surface area contributed by atoms with E-state index in [2.05, 4.69) is 0 Å². The highest BCUT2D eigenvalue weighted by molar-refractivity contribution is 7.84. The molecule has 8 heteroatoms. The zero-order chi connectivity index (χ0) is 19.2. The van der Waals surface area contributed by atoms with Gasteiger partial charge >= 0.3 is 0 Å². The summed E-state index contributed by atoms with van der Waals surface area (Å²) < 4.78 is 22.6. The molecule has 2 aromatic rings. The van der Waals surface area contributed by atoms with Crippen molar-refractivity contribution in [3.8, 4) is 5.75 Å². The van der Waals surface area contributed by atoms with Crippen LogP contribution < -0.4 is 4.74 Å². The third-order valence-electron chi connectivity index (χ3n) is 4.40. The number of carbonyl (C=O) groups is 2. The minimum atomic E-state index is -1.30. The normalized spacial score (nSPS) is 15.4. The number of piperazine rings is 1. The molecule has 1 aliphatic heterocycles. The Kier molecular flexibility index (Phi) is 6.28. The second kappa shape index (κ2) is 8.85. The van der Waals surface area contributed by atoms with E-state index in [9.17, 15) is 13.8 Å². The molecule has 1 saturated heterocycles. The van der Waals surface area contributed by atoms with Crippen molar-refractivity contribution in [2.75, 3.05) is 39.0 Å². The van der Waals surface area contributed by atoms with E-state index in [1.807, 2.05) is 24.3 Å². The third kappa shape index (κ3) is 4.97. The maximum absolute atomic E-state index is 12.4. The summed E-state index contributed by atoms with van der Waals surface area (Å²) in [5.74, 6) is 0.959. The zero-order valence-corrected chi connectivity index (χ0v) is 15.9. The first kappa shape index (κ1) is 19.2. The number of carbonyl (C=O) groups excluding carboxylic acids is 2. The predicted octanol–water partition coefficient (Wildman–Crippen LogP) is 1.52. The van der Waals surface area contributed by atoms with E-state index in [4.69, 9.17) is 9.15 Å². The third-order valence-corrected chi connectivity index (χ3v) is 5.62. The van der Waals surface area contributed by atoms with Gasteiger partial charge in [0, 0.05) is 42.7 Å². The molecule has 1 unspecified atom stereocenters. The highest BCUT2D eigenvalue weighted by atomic mass is 32.2. The van der Waals surface area contributed by atoms with Crippen molar-refractivity contribution in [3.63, 3.8) is 0 Å². The Morgan fingerprint density at radius 3 is 2.52 bits per heavy atom. The van der Waals surface area contributed by atoms with Crippen molar-refractivity contribution in [1.29, 1.82) is 0 Å². The Labute approximate surface area is 160 Å². The highest BCUT2D eigenvalue weighted by Gasteiger charge is 2.26. The van der Waals surface area contributed by atoms with E-state index >= 15 is 0 Å². The molecule has 1 aliphatic rings. The molecule has 0 radical (unpaired) electrons. The van der Waals surface area contributed by atoms with Crippen molar-refractivity contribution in [1.82, 2.24) is 9.80 Å². The molecule has 0 N–H and O–H groups in total. The van der Waals surface area contributed by atoms with Crippen LogP contribution in [0.1, 0.15) is 16.1 Å². The zero-order valence-electron chi connectivity index (χ0n) is 15.1. The van der Waals surface area contributed by atoms with E-state index in [0.717, 1.165) is 5.56 Å². The van der Waals surface area contributed by atoms with Gasteiger partial charge in [-0.25, -0.2) is 0 Å². The Bertz CT molecular complexity index is 813. The van der Waals surface area contributed by atoms with E-state index in [1.165, 1.54) is 6.26 Å². The molecule has 0 aliphatic carbocycles. The maximum atomic E-state index is 12.4. The number of rotatable bonds is 6. The van der Waals surface area contributed by atoms with Crippen LogP contribution >= 0.6 is 0 Å². The number of hydrogen-bond donors (Lipinski definition) is 0. The van der Waals surface area contributed by atoms with Gasteiger partial charge in [-0.15, -0.1) is 0 Å². The summed E-state index contributed by atoms with van der Waals surface area (Å²) in [6.07, 6.45) is 1.46. The Morgan fingerprint density at radius 1 is 1.11 bits per heavy atom. The van der Waals surface area contributed by atoms with Gasteiger partial charge in [0.1, 0.15) is 11.5 Å². The van der Waals surface area contributed by atoms with E-state index < -0.39 is 10.8 Å². The van der Waals surface area contributed by atoms with Crippen LogP contribution in [0.3, 0.4) is 0 Å². The summed E-state index contributed by atoms with van der Waals surface area (Å²) >= 11 is 0. The second-order valence-electron chi connectivity index (χ2n) is 6.23. The molecule has 1 atom stereocenters. The van der Waals surface area contributed by atoms with Crippen LogP contribution in [0.2, 0.25) is 0 Å². The van der Waals surface area contributed by atoms with E-state index in [-0.39, 0.29) is 17.6 Å². The summed E-state index contributed by atoms with van der Waals surface area (Å²) in [6, 6.07) is 10.6. The van der Waals surface area contributed by atoms with Gasteiger partial charge in [-0.3, -0.25) is 13.8 Å². The molecule has 0 bridgehead atoms. The molecule has 0 spiro atoms. The van der Waals surface area contributed by atoms with Crippen molar-refractivity contribution >= 4 is 22.6 Å². The number of methoxy groups -OCH3 is 1. The first-order valence-electron chi connectivity index (χ1n) is 8.65. The average molecular weight is 390 g/mol. The summed E-state index contributed by atoms with van der Waals surface area (Å²) in [6.45, 7) is 1.74. The van der Waals surface area contributed by atoms with Crippen LogP contribution in [0.4, 0.5) is 0 Å². The van der Waals surface area contributed by atoms with Gasteiger partial charge in [-0.05, 0) is 29.8 Å². The quantitative estimate of drug-likeness (QED) is 0.747. The highest BCUT2D eigenvalue weighted by Crippen LogP contribution is 2.15. The van der Waals surface area contributed by atoms with Gasteiger partial charge in [0.05, 0.1) is 13.4 Å². The molecule has 144 valence electrons. The van der Waals surface area contributed by atoms with Crippen LogP contribution in [0.15, 0.2) is 47.1 Å². The number of furan rings is 1. The first-order valence-corrected chi connectivity index (χ1v) is 10.1. The summed E-state index contributed by atoms with van der Waals surface area (Å²) in [5.41, 5.74) is 0.870. The summed E-state index contributed by atoms with van der Waals surface area (Å²) in [7, 11) is 0.282. The molecular weight excluding hydrogens is 368 g/mol. The molecule has 2 heterocycles. The van der Waals surface area contributed by atoms with Gasteiger partial charge in [-0.1, -0.05) is 12.1 Å². The number of nitrogens with zero attached hydrogens (tertiary/aromatic N) is 2. The molecule has 1 aromatic carbocycles. The van der Waals surface area contributed by atoms with Crippen LogP contribution in [0, 0.1) is 0 Å². The summed E-state index contributed by atoms with van der Waals surface area (Å²) in [5, 5.41) is 0. The van der Waals surface area contributed by atoms with Gasteiger partial charge in [-0.2, -0.15) is 0 Å². The molecule has 27 heavy (non-hydrogen) atoms.